The molecule has 2 aliphatic heterocycles. The molecule has 0 fully saturated rings. The molecule has 2 aliphatic rings. The van der Waals surface area contributed by atoms with Gasteiger partial charge in [0, 0.05) is 23.0 Å². The van der Waals surface area contributed by atoms with Crippen molar-refractivity contribution in [2.75, 3.05) is 15.8 Å². The Hall–Kier alpha value is -4.59. The summed E-state index contributed by atoms with van der Waals surface area (Å²) in [6, 6.07) is 8.65. The number of aliphatic imine (C=N–C) groups is 2. The van der Waals surface area contributed by atoms with Gasteiger partial charge in [-0.2, -0.15) is 0 Å². The van der Waals surface area contributed by atoms with Gasteiger partial charge in [0.05, 0.1) is 28.9 Å². The van der Waals surface area contributed by atoms with Crippen molar-refractivity contribution in [2.45, 2.75) is 25.9 Å². The van der Waals surface area contributed by atoms with Crippen LogP contribution in [-0.4, -0.2) is 44.1 Å². The second-order valence-electron chi connectivity index (χ2n) is 8.83. The van der Waals surface area contributed by atoms with Crippen LogP contribution in [0.1, 0.15) is 36.2 Å². The molecule has 14 heteroatoms. The predicted octanol–water partition coefficient (Wildman–Crippen LogP) is 0.950. The minimum absolute atomic E-state index is 0.0781. The lowest BCUT2D eigenvalue weighted by molar-refractivity contribution is -0.106. The van der Waals surface area contributed by atoms with Crippen molar-refractivity contribution in [1.29, 1.82) is 0 Å². The lowest BCUT2D eigenvalue weighted by Gasteiger charge is -2.30. The number of ketones is 1. The number of nitrogens with zero attached hydrogens (tertiary/aromatic N) is 2. The summed E-state index contributed by atoms with van der Waals surface area (Å²) in [5.74, 6) is -3.25. The fourth-order valence-corrected chi connectivity index (χ4v) is 5.32. The van der Waals surface area contributed by atoms with Gasteiger partial charge in [0.25, 0.3) is 6.34 Å². The van der Waals surface area contributed by atoms with Crippen LogP contribution in [0, 0.1) is 11.6 Å². The molecule has 0 radical (unpaired) electrons. The van der Waals surface area contributed by atoms with E-state index < -0.39 is 44.4 Å². The number of anilines is 2. The molecule has 0 saturated carbocycles. The first-order valence-electron chi connectivity index (χ1n) is 11.8. The highest BCUT2D eigenvalue weighted by atomic mass is 32.2. The van der Waals surface area contributed by atoms with E-state index in [4.69, 9.17) is 11.1 Å². The van der Waals surface area contributed by atoms with Crippen LogP contribution in [0.15, 0.2) is 69.6 Å². The molecule has 1 unspecified atom stereocenters. The van der Waals surface area contributed by atoms with Crippen LogP contribution in [0.4, 0.5) is 20.2 Å². The smallest absolute Gasteiger partial charge is 0.279 e. The average Bonchev–Trinajstić information content (AvgIpc) is 3.24. The molecule has 0 amide bonds. The van der Waals surface area contributed by atoms with Crippen LogP contribution in [-0.2, 0) is 10.0 Å². The number of hydrogen-bond donors (Lipinski definition) is 6. The second-order valence-corrected chi connectivity index (χ2v) is 10.7. The summed E-state index contributed by atoms with van der Waals surface area (Å²) in [5, 5.41) is 14.4. The Morgan fingerprint density at radius 2 is 2.05 bits per heavy atom. The molecule has 204 valence electrons. The van der Waals surface area contributed by atoms with Crippen molar-refractivity contribution < 1.29 is 27.4 Å². The molecule has 11 nitrogen and oxygen atoms in total. The average molecular weight is 558 g/mol. The molecule has 4 rings (SSSR count). The summed E-state index contributed by atoms with van der Waals surface area (Å²) >= 11 is 0. The topological polar surface area (TPSA) is 176 Å². The Kier molecular flexibility index (Phi) is 7.49. The van der Waals surface area contributed by atoms with Gasteiger partial charge in [-0.05, 0) is 48.7 Å². The second kappa shape index (κ2) is 10.6. The molecule has 0 spiro atoms. The fraction of sp³-hybridized carbons (Fsp3) is 0.200. The third-order valence-corrected chi connectivity index (χ3v) is 7.45. The highest BCUT2D eigenvalue weighted by Gasteiger charge is 2.43. The molecule has 2 aromatic rings. The van der Waals surface area contributed by atoms with Crippen LogP contribution in [0.3, 0.4) is 0 Å². The zero-order chi connectivity index (χ0) is 28.4. The Bertz CT molecular complexity index is 1580. The number of sulfonamides is 1. The van der Waals surface area contributed by atoms with Gasteiger partial charge in [-0.3, -0.25) is 14.9 Å². The molecule has 0 saturated heterocycles. The molecular formula is C25H27F2N8O3S+. The minimum atomic E-state index is -3.89. The number of rotatable bonds is 10. The number of carbonyl (C=O) groups excluding carboxylic acids is 1. The summed E-state index contributed by atoms with van der Waals surface area (Å²) in [6.07, 6.45) is 4.08. The minimum Gasteiger partial charge on any atom is -0.363 e. The van der Waals surface area contributed by atoms with E-state index >= 15 is 4.39 Å². The highest BCUT2D eigenvalue weighted by Crippen LogP contribution is 2.37. The van der Waals surface area contributed by atoms with E-state index in [1.54, 1.807) is 38.1 Å². The van der Waals surface area contributed by atoms with Crippen molar-refractivity contribution in [3.63, 3.8) is 0 Å². The molecule has 1 atom stereocenters. The first kappa shape index (κ1) is 27.4. The van der Waals surface area contributed by atoms with E-state index in [-0.39, 0.29) is 29.2 Å². The molecule has 39 heavy (non-hydrogen) atoms. The van der Waals surface area contributed by atoms with Crippen molar-refractivity contribution >= 4 is 45.7 Å². The van der Waals surface area contributed by atoms with Crippen LogP contribution < -0.4 is 31.8 Å². The zero-order valence-corrected chi connectivity index (χ0v) is 21.9. The van der Waals surface area contributed by atoms with Crippen LogP contribution in [0.5, 0.6) is 0 Å². The molecule has 2 aromatic carbocycles. The Morgan fingerprint density at radius 1 is 1.28 bits per heavy atom. The van der Waals surface area contributed by atoms with Gasteiger partial charge >= 0.3 is 0 Å². The number of halogens is 2. The number of benzene rings is 2. The van der Waals surface area contributed by atoms with Gasteiger partial charge in [-0.25, -0.2) is 22.2 Å². The van der Waals surface area contributed by atoms with Crippen molar-refractivity contribution in [3.8, 4) is 0 Å². The third-order valence-electron chi connectivity index (χ3n) is 5.98. The quantitative estimate of drug-likeness (QED) is 0.143. The Balaban J connectivity index is 1.74. The van der Waals surface area contributed by atoms with Gasteiger partial charge in [-0.1, -0.05) is 13.0 Å². The summed E-state index contributed by atoms with van der Waals surface area (Å²) in [6.45, 7) is 3.32. The summed E-state index contributed by atoms with van der Waals surface area (Å²) in [5.41, 5.74) is 4.68. The van der Waals surface area contributed by atoms with Gasteiger partial charge in [0.2, 0.25) is 21.6 Å². The largest absolute Gasteiger partial charge is 0.363 e. The van der Waals surface area contributed by atoms with Crippen LogP contribution >= 0.6 is 0 Å². The SMILES string of the molecule is CCCS(=O)(=O)Nc1ccc(F)c(C(=O)C2=CNC3(C)N=CNC(Nc4cccc(C(N)=NC=[NH2+])c4)=C23)c1F. The number of fused-ring (bicyclic) bond motifs is 1. The van der Waals surface area contributed by atoms with Crippen LogP contribution in [0.2, 0.25) is 0 Å². The van der Waals surface area contributed by atoms with Crippen molar-refractivity contribution in [1.82, 2.24) is 10.6 Å². The Morgan fingerprint density at radius 3 is 2.77 bits per heavy atom. The maximum Gasteiger partial charge on any atom is 0.279 e. The first-order chi connectivity index (χ1) is 18.5. The van der Waals surface area contributed by atoms with E-state index in [2.05, 4.69) is 30.7 Å². The first-order valence-corrected chi connectivity index (χ1v) is 13.5. The van der Waals surface area contributed by atoms with Gasteiger partial charge in [0.1, 0.15) is 11.6 Å². The summed E-state index contributed by atoms with van der Waals surface area (Å²) < 4.78 is 56.7. The van der Waals surface area contributed by atoms with Crippen molar-refractivity contribution in [2.24, 2.45) is 15.7 Å². The Labute approximate surface area is 223 Å². The highest BCUT2D eigenvalue weighted by molar-refractivity contribution is 7.92. The zero-order valence-electron chi connectivity index (χ0n) is 21.0. The summed E-state index contributed by atoms with van der Waals surface area (Å²) in [7, 11) is -3.89. The maximum atomic E-state index is 15.4. The van der Waals surface area contributed by atoms with Gasteiger partial charge in [-0.15, -0.1) is 0 Å². The monoisotopic (exact) mass is 557 g/mol. The molecule has 8 N–H and O–H groups in total. The third kappa shape index (κ3) is 5.50. The van der Waals surface area contributed by atoms with E-state index in [1.165, 1.54) is 12.5 Å². The normalized spacial score (nSPS) is 18.6. The maximum absolute atomic E-state index is 15.4. The standard InChI is InChI=1S/C25H26F2N8O3S/c1-3-9-39(37,38)35-18-8-7-17(26)19(21(18)27)22(36)16-11-32-25(2)20(16)24(31-13-33-25)34-15-6-4-5-14(10-15)23(29)30-12-28/h4-8,10-13,32,34-35H,3,9H2,1-2H3,(H,31,33)(H3,28,29,30)/p+1. The fourth-order valence-electron chi connectivity index (χ4n) is 4.19. The lowest BCUT2D eigenvalue weighted by Crippen LogP contribution is -2.42. The molecule has 0 aliphatic carbocycles. The number of amidine groups is 1. The van der Waals surface area contributed by atoms with E-state index in [1.807, 2.05) is 0 Å². The predicted molar refractivity (Wildman–Crippen MR) is 145 cm³/mol. The molecule has 0 bridgehead atoms. The van der Waals surface area contributed by atoms with E-state index in [0.717, 1.165) is 18.5 Å². The number of Topliss-reactive ketones (excluding diaryl/α,β-unsaturated/α-hetero) is 1. The molecule has 0 aromatic heterocycles. The van der Waals surface area contributed by atoms with Crippen molar-refractivity contribution in [3.05, 3.63) is 82.3 Å². The number of carbonyl (C=O) groups is 1. The number of hydrogen-bond acceptors (Lipinski definition) is 7. The number of nitrogens with two attached hydrogens (primary N) is 2. The molecule has 2 heterocycles. The lowest BCUT2D eigenvalue weighted by atomic mass is 9.91. The van der Waals surface area contributed by atoms with E-state index in [0.29, 0.717) is 17.1 Å². The number of nitrogens with one attached hydrogen (secondary N) is 4. The summed E-state index contributed by atoms with van der Waals surface area (Å²) in [4.78, 5) is 21.8. The van der Waals surface area contributed by atoms with E-state index in [9.17, 15) is 17.6 Å². The molecular weight excluding hydrogens is 530 g/mol. The van der Waals surface area contributed by atoms with Gasteiger partial charge in [0.15, 0.2) is 11.5 Å². The van der Waals surface area contributed by atoms with Crippen LogP contribution in [0.25, 0.3) is 0 Å². The van der Waals surface area contributed by atoms with Gasteiger partial charge < -0.3 is 21.7 Å².